The Hall–Kier alpha value is -3.34. The fourth-order valence-electron chi connectivity index (χ4n) is 5.03. The molecule has 1 saturated heterocycles. The Bertz CT molecular complexity index is 1140. The van der Waals surface area contributed by atoms with E-state index in [-0.39, 0.29) is 35.5 Å². The van der Waals surface area contributed by atoms with E-state index in [2.05, 4.69) is 22.1 Å². The lowest BCUT2D eigenvalue weighted by Crippen LogP contribution is -2.32. The van der Waals surface area contributed by atoms with Gasteiger partial charge in [0.05, 0.1) is 23.0 Å². The number of imide groups is 1. The van der Waals surface area contributed by atoms with Crippen LogP contribution in [0.3, 0.4) is 0 Å². The predicted molar refractivity (Wildman–Crippen MR) is 105 cm³/mol. The van der Waals surface area contributed by atoms with Crippen LogP contribution in [0.15, 0.2) is 66.9 Å². The Morgan fingerprint density at radius 1 is 0.857 bits per heavy atom. The van der Waals surface area contributed by atoms with Crippen molar-refractivity contribution in [3.8, 4) is 11.4 Å². The van der Waals surface area contributed by atoms with Crippen LogP contribution in [0.2, 0.25) is 0 Å². The smallest absolute Gasteiger partial charge is 0.238 e. The number of carbonyl (C=O) groups is 2. The van der Waals surface area contributed by atoms with Crippen LogP contribution in [0.5, 0.6) is 0 Å². The Balaban J connectivity index is 1.33. The van der Waals surface area contributed by atoms with E-state index < -0.39 is 0 Å². The van der Waals surface area contributed by atoms with Gasteiger partial charge in [-0.15, -0.1) is 0 Å². The summed E-state index contributed by atoms with van der Waals surface area (Å²) in [5, 5.41) is 0.992. The third kappa shape index (κ3) is 2.07. The number of nitrogens with zero attached hydrogens (tertiary/aromatic N) is 3. The monoisotopic (exact) mass is 367 g/mol. The number of fused-ring (bicyclic) bond motifs is 6. The van der Waals surface area contributed by atoms with Gasteiger partial charge in [0.2, 0.25) is 11.8 Å². The van der Waals surface area contributed by atoms with Crippen molar-refractivity contribution in [2.45, 2.75) is 6.42 Å². The molecule has 2 aromatic carbocycles. The molecule has 1 saturated carbocycles. The van der Waals surface area contributed by atoms with Crippen molar-refractivity contribution >= 4 is 28.4 Å². The summed E-state index contributed by atoms with van der Waals surface area (Å²) < 4.78 is 0. The first-order chi connectivity index (χ1) is 13.7. The average molecular weight is 367 g/mol. The van der Waals surface area contributed by atoms with E-state index in [1.54, 1.807) is 0 Å². The molecule has 2 aliphatic carbocycles. The molecule has 5 nitrogen and oxygen atoms in total. The van der Waals surface area contributed by atoms with E-state index in [0.29, 0.717) is 11.5 Å². The molecule has 6 rings (SSSR count). The van der Waals surface area contributed by atoms with Crippen LogP contribution in [0, 0.1) is 23.7 Å². The number of benzene rings is 2. The Morgan fingerprint density at radius 2 is 1.54 bits per heavy atom. The van der Waals surface area contributed by atoms with Crippen LogP contribution < -0.4 is 4.90 Å². The predicted octanol–water partition coefficient (Wildman–Crippen LogP) is 3.61. The van der Waals surface area contributed by atoms with Crippen molar-refractivity contribution in [2.24, 2.45) is 23.7 Å². The first kappa shape index (κ1) is 15.7. The van der Waals surface area contributed by atoms with Gasteiger partial charge in [-0.1, -0.05) is 30.4 Å². The summed E-state index contributed by atoms with van der Waals surface area (Å²) in [6.45, 7) is 0. The molecule has 2 fully saturated rings. The Kier molecular flexibility index (Phi) is 3.13. The molecule has 4 atom stereocenters. The summed E-state index contributed by atoms with van der Waals surface area (Å²) in [7, 11) is 0. The molecular weight excluding hydrogens is 350 g/mol. The van der Waals surface area contributed by atoms with Gasteiger partial charge < -0.3 is 0 Å². The maximum atomic E-state index is 12.9. The van der Waals surface area contributed by atoms with Crippen LogP contribution in [0.4, 0.5) is 5.69 Å². The SMILES string of the molecule is O=C1[C@@H]2C3C=CC(C3)[C@@H]2C(=O)N1c1ccc(-c2ncc3ccccc3n2)cc1. The fraction of sp³-hybridized carbons (Fsp3) is 0.217. The molecule has 3 aromatic rings. The standard InChI is InChI=1S/C23H17N3O2/c27-22-19-14-5-6-15(11-14)20(19)23(28)26(22)17-9-7-13(8-10-17)21-24-12-16-3-1-2-4-18(16)25-21/h1-10,12,14-15,19-20H,11H2/t14?,15?,19-,20+. The normalized spacial score (nSPS) is 27.8. The maximum absolute atomic E-state index is 12.9. The molecule has 3 aliphatic rings. The molecule has 5 heteroatoms. The summed E-state index contributed by atoms with van der Waals surface area (Å²) in [5.74, 6) is 0.618. The first-order valence-corrected chi connectivity index (χ1v) is 9.59. The largest absolute Gasteiger partial charge is 0.274 e. The molecule has 28 heavy (non-hydrogen) atoms. The van der Waals surface area contributed by atoms with E-state index in [1.165, 1.54) is 4.90 Å². The number of carbonyl (C=O) groups excluding carboxylic acids is 2. The molecule has 136 valence electrons. The zero-order valence-electron chi connectivity index (χ0n) is 15.0. The minimum atomic E-state index is -0.175. The molecule has 2 heterocycles. The topological polar surface area (TPSA) is 63.2 Å². The second kappa shape index (κ2) is 5.58. The molecule has 2 unspecified atom stereocenters. The zero-order chi connectivity index (χ0) is 18.8. The summed E-state index contributed by atoms with van der Waals surface area (Å²) in [6.07, 6.45) is 6.98. The number of aromatic nitrogens is 2. The molecule has 1 aromatic heterocycles. The number of anilines is 1. The van der Waals surface area contributed by atoms with Gasteiger partial charge in [-0.3, -0.25) is 14.5 Å². The van der Waals surface area contributed by atoms with Crippen LogP contribution in [-0.2, 0) is 9.59 Å². The van der Waals surface area contributed by atoms with Crippen LogP contribution in [-0.4, -0.2) is 21.8 Å². The molecule has 2 bridgehead atoms. The Labute approximate surface area is 161 Å². The van der Waals surface area contributed by atoms with Crippen molar-refractivity contribution in [1.29, 1.82) is 0 Å². The van der Waals surface area contributed by atoms with Crippen LogP contribution >= 0.6 is 0 Å². The number of allylic oxidation sites excluding steroid dienone is 2. The van der Waals surface area contributed by atoms with Gasteiger partial charge in [-0.2, -0.15) is 0 Å². The fourth-order valence-corrected chi connectivity index (χ4v) is 5.03. The number of para-hydroxylation sites is 1. The Morgan fingerprint density at radius 3 is 2.25 bits per heavy atom. The summed E-state index contributed by atoms with van der Waals surface area (Å²) in [4.78, 5) is 36.3. The molecular formula is C23H17N3O2. The highest BCUT2D eigenvalue weighted by Crippen LogP contribution is 2.53. The highest BCUT2D eigenvalue weighted by atomic mass is 16.2. The highest BCUT2D eigenvalue weighted by molar-refractivity contribution is 6.22. The minimum absolute atomic E-state index is 0.0541. The van der Waals surface area contributed by atoms with Gasteiger partial charge in [0.1, 0.15) is 0 Å². The van der Waals surface area contributed by atoms with E-state index >= 15 is 0 Å². The van der Waals surface area contributed by atoms with Crippen LogP contribution in [0.25, 0.3) is 22.3 Å². The third-order valence-electron chi connectivity index (χ3n) is 6.34. The molecule has 2 amide bonds. The summed E-state index contributed by atoms with van der Waals surface area (Å²) in [6, 6.07) is 15.2. The molecule has 0 spiro atoms. The summed E-state index contributed by atoms with van der Waals surface area (Å²) >= 11 is 0. The van der Waals surface area contributed by atoms with Gasteiger partial charge in [-0.25, -0.2) is 9.97 Å². The summed E-state index contributed by atoms with van der Waals surface area (Å²) in [5.41, 5.74) is 2.38. The quantitative estimate of drug-likeness (QED) is 0.513. The molecule has 1 aliphatic heterocycles. The van der Waals surface area contributed by atoms with E-state index in [0.717, 1.165) is 22.9 Å². The van der Waals surface area contributed by atoms with Crippen molar-refractivity contribution in [3.63, 3.8) is 0 Å². The van der Waals surface area contributed by atoms with Gasteiger partial charge in [0.25, 0.3) is 0 Å². The maximum Gasteiger partial charge on any atom is 0.238 e. The molecule has 0 N–H and O–H groups in total. The van der Waals surface area contributed by atoms with E-state index in [1.807, 2.05) is 54.7 Å². The lowest BCUT2D eigenvalue weighted by Gasteiger charge is -2.17. The second-order valence-corrected chi connectivity index (χ2v) is 7.81. The minimum Gasteiger partial charge on any atom is -0.274 e. The van der Waals surface area contributed by atoms with Gasteiger partial charge in [0, 0.05) is 17.1 Å². The second-order valence-electron chi connectivity index (χ2n) is 7.81. The lowest BCUT2D eigenvalue weighted by atomic mass is 9.85. The van der Waals surface area contributed by atoms with Gasteiger partial charge in [0.15, 0.2) is 5.82 Å². The number of hydrogen-bond donors (Lipinski definition) is 0. The lowest BCUT2D eigenvalue weighted by molar-refractivity contribution is -0.123. The van der Waals surface area contributed by atoms with Gasteiger partial charge >= 0.3 is 0 Å². The van der Waals surface area contributed by atoms with Crippen molar-refractivity contribution < 1.29 is 9.59 Å². The van der Waals surface area contributed by atoms with Crippen molar-refractivity contribution in [2.75, 3.05) is 4.90 Å². The molecule has 0 radical (unpaired) electrons. The number of amides is 2. The zero-order valence-corrected chi connectivity index (χ0v) is 15.0. The van der Waals surface area contributed by atoms with Crippen molar-refractivity contribution in [1.82, 2.24) is 9.97 Å². The van der Waals surface area contributed by atoms with E-state index in [9.17, 15) is 9.59 Å². The van der Waals surface area contributed by atoms with Gasteiger partial charge in [-0.05, 0) is 48.6 Å². The third-order valence-corrected chi connectivity index (χ3v) is 6.34. The first-order valence-electron chi connectivity index (χ1n) is 9.59. The van der Waals surface area contributed by atoms with E-state index in [4.69, 9.17) is 0 Å². The van der Waals surface area contributed by atoms with Crippen molar-refractivity contribution in [3.05, 3.63) is 66.9 Å². The number of hydrogen-bond acceptors (Lipinski definition) is 4. The highest BCUT2D eigenvalue weighted by Gasteiger charge is 2.59. The number of rotatable bonds is 2. The average Bonchev–Trinajstić information content (AvgIpc) is 3.42. The van der Waals surface area contributed by atoms with Crippen LogP contribution in [0.1, 0.15) is 6.42 Å².